The molecule has 0 spiro atoms. The molecule has 0 aliphatic carbocycles. The van der Waals surface area contributed by atoms with E-state index < -0.39 is 34.0 Å². The summed E-state index contributed by atoms with van der Waals surface area (Å²) in [4.78, 5) is 21.1. The minimum Gasteiger partial charge on any atom is -0.478 e. The lowest BCUT2D eigenvalue weighted by atomic mass is 10.2. The Kier molecular flexibility index (Phi) is 4.45. The first-order chi connectivity index (χ1) is 6.22. The first-order valence-corrected chi connectivity index (χ1v) is 5.23. The standard InChI is InChI=1S/C7H10O6S/c1-5(7(9)10)4-6(8)2-3-14(11,12)13/h4H,2-3H2,1H3,(H,9,10)(H,11,12,13). The van der Waals surface area contributed by atoms with Crippen molar-refractivity contribution < 1.29 is 27.7 Å². The summed E-state index contributed by atoms with van der Waals surface area (Å²) in [6, 6.07) is 0. The maximum atomic E-state index is 10.9. The van der Waals surface area contributed by atoms with Crippen molar-refractivity contribution in [2.45, 2.75) is 13.3 Å². The first kappa shape index (κ1) is 12.8. The highest BCUT2D eigenvalue weighted by atomic mass is 32.2. The van der Waals surface area contributed by atoms with Gasteiger partial charge < -0.3 is 5.11 Å². The number of carboxylic acid groups (broad SMARTS) is 1. The number of carboxylic acids is 1. The minimum atomic E-state index is -4.17. The third-order valence-electron chi connectivity index (χ3n) is 1.32. The zero-order valence-corrected chi connectivity index (χ0v) is 8.24. The van der Waals surface area contributed by atoms with E-state index in [1.165, 1.54) is 6.92 Å². The van der Waals surface area contributed by atoms with Crippen molar-refractivity contribution in [3.63, 3.8) is 0 Å². The molecule has 0 amide bonds. The van der Waals surface area contributed by atoms with Crippen LogP contribution in [0, 0.1) is 0 Å². The van der Waals surface area contributed by atoms with Gasteiger partial charge in [-0.05, 0) is 13.0 Å². The van der Waals surface area contributed by atoms with Gasteiger partial charge in [-0.3, -0.25) is 9.35 Å². The fraction of sp³-hybridized carbons (Fsp3) is 0.429. The zero-order chi connectivity index (χ0) is 11.4. The largest absolute Gasteiger partial charge is 0.478 e. The molecular formula is C7H10O6S. The fourth-order valence-corrected chi connectivity index (χ4v) is 1.06. The number of aliphatic carboxylic acids is 1. The molecule has 0 atom stereocenters. The number of allylic oxidation sites excluding steroid dienone is 1. The Bertz CT molecular complexity index is 364. The van der Waals surface area contributed by atoms with Crippen LogP contribution in [0.25, 0.3) is 0 Å². The van der Waals surface area contributed by atoms with Gasteiger partial charge in [0.2, 0.25) is 0 Å². The van der Waals surface area contributed by atoms with Crippen LogP contribution in [0.5, 0.6) is 0 Å². The average Bonchev–Trinajstić information content (AvgIpc) is 1.99. The van der Waals surface area contributed by atoms with Crippen LogP contribution in [0.3, 0.4) is 0 Å². The summed E-state index contributed by atoms with van der Waals surface area (Å²) in [6.07, 6.45) is 0.400. The monoisotopic (exact) mass is 222 g/mol. The molecule has 80 valence electrons. The predicted molar refractivity (Wildman–Crippen MR) is 47.4 cm³/mol. The Balaban J connectivity index is 4.26. The molecule has 0 unspecified atom stereocenters. The summed E-state index contributed by atoms with van der Waals surface area (Å²) >= 11 is 0. The predicted octanol–water partition coefficient (Wildman–Crippen LogP) is -0.136. The highest BCUT2D eigenvalue weighted by Gasteiger charge is 2.09. The fourth-order valence-electron chi connectivity index (χ4n) is 0.605. The minimum absolute atomic E-state index is 0.176. The van der Waals surface area contributed by atoms with Crippen molar-refractivity contribution in [1.82, 2.24) is 0 Å². The van der Waals surface area contributed by atoms with Crippen molar-refractivity contribution in [2.75, 3.05) is 5.75 Å². The van der Waals surface area contributed by atoms with E-state index in [1.807, 2.05) is 0 Å². The second kappa shape index (κ2) is 4.87. The molecule has 7 heteroatoms. The van der Waals surface area contributed by atoms with E-state index in [0.717, 1.165) is 6.08 Å². The molecule has 0 aromatic rings. The van der Waals surface area contributed by atoms with Crippen molar-refractivity contribution in [3.05, 3.63) is 11.6 Å². The number of ketones is 1. The molecule has 0 aromatic heterocycles. The quantitative estimate of drug-likeness (QED) is 0.495. The van der Waals surface area contributed by atoms with Crippen molar-refractivity contribution in [3.8, 4) is 0 Å². The summed E-state index contributed by atoms with van der Waals surface area (Å²) in [6.45, 7) is 1.22. The van der Waals surface area contributed by atoms with Gasteiger partial charge in [-0.1, -0.05) is 0 Å². The van der Waals surface area contributed by atoms with E-state index in [4.69, 9.17) is 9.66 Å². The molecule has 0 aromatic carbocycles. The second-order valence-electron chi connectivity index (χ2n) is 2.63. The lowest BCUT2D eigenvalue weighted by Crippen LogP contribution is -2.09. The van der Waals surface area contributed by atoms with Gasteiger partial charge in [0, 0.05) is 12.0 Å². The van der Waals surface area contributed by atoms with Crippen LogP contribution in [-0.4, -0.2) is 35.6 Å². The van der Waals surface area contributed by atoms with Gasteiger partial charge >= 0.3 is 5.97 Å². The molecule has 14 heavy (non-hydrogen) atoms. The lowest BCUT2D eigenvalue weighted by Gasteiger charge is -1.94. The van der Waals surface area contributed by atoms with Crippen LogP contribution < -0.4 is 0 Å². The number of hydrogen-bond acceptors (Lipinski definition) is 4. The Hall–Kier alpha value is -1.21. The molecule has 0 rings (SSSR count). The van der Waals surface area contributed by atoms with E-state index in [-0.39, 0.29) is 5.57 Å². The molecule has 0 bridgehead atoms. The highest BCUT2D eigenvalue weighted by Crippen LogP contribution is 1.97. The van der Waals surface area contributed by atoms with Crippen LogP contribution >= 0.6 is 0 Å². The molecule has 0 radical (unpaired) electrons. The average molecular weight is 222 g/mol. The van der Waals surface area contributed by atoms with E-state index in [2.05, 4.69) is 0 Å². The summed E-state index contributed by atoms with van der Waals surface area (Å²) < 4.78 is 28.7. The van der Waals surface area contributed by atoms with E-state index in [0.29, 0.717) is 0 Å². The van der Waals surface area contributed by atoms with Gasteiger partial charge in [-0.2, -0.15) is 8.42 Å². The molecule has 0 aliphatic rings. The van der Waals surface area contributed by atoms with Crippen molar-refractivity contribution in [2.24, 2.45) is 0 Å². The molecule has 2 N–H and O–H groups in total. The zero-order valence-electron chi connectivity index (χ0n) is 7.43. The number of carbonyl (C=O) groups is 2. The van der Waals surface area contributed by atoms with Gasteiger partial charge in [-0.15, -0.1) is 0 Å². The molecule has 0 aliphatic heterocycles. The summed E-state index contributed by atoms with van der Waals surface area (Å²) in [5.41, 5.74) is -0.176. The smallest absolute Gasteiger partial charge is 0.331 e. The van der Waals surface area contributed by atoms with Gasteiger partial charge in [0.1, 0.15) is 0 Å². The Morgan fingerprint density at radius 1 is 1.36 bits per heavy atom. The lowest BCUT2D eigenvalue weighted by molar-refractivity contribution is -0.132. The third kappa shape index (κ3) is 6.32. The van der Waals surface area contributed by atoms with E-state index in [9.17, 15) is 18.0 Å². The topological polar surface area (TPSA) is 109 Å². The molecule has 0 saturated carbocycles. The molecule has 0 saturated heterocycles. The second-order valence-corrected chi connectivity index (χ2v) is 4.21. The summed E-state index contributed by atoms with van der Waals surface area (Å²) in [5.74, 6) is -2.59. The van der Waals surface area contributed by atoms with Crippen molar-refractivity contribution in [1.29, 1.82) is 0 Å². The van der Waals surface area contributed by atoms with Gasteiger partial charge in [-0.25, -0.2) is 4.79 Å². The molecular weight excluding hydrogens is 212 g/mol. The number of carbonyl (C=O) groups excluding carboxylic acids is 1. The van der Waals surface area contributed by atoms with Gasteiger partial charge in [0.05, 0.1) is 5.75 Å². The summed E-state index contributed by atoms with van der Waals surface area (Å²) in [7, 11) is -4.17. The highest BCUT2D eigenvalue weighted by molar-refractivity contribution is 7.85. The molecule has 0 fully saturated rings. The third-order valence-corrected chi connectivity index (χ3v) is 2.04. The van der Waals surface area contributed by atoms with E-state index >= 15 is 0 Å². The Labute approximate surface area is 81.0 Å². The van der Waals surface area contributed by atoms with Crippen LogP contribution in [-0.2, 0) is 19.7 Å². The van der Waals surface area contributed by atoms with Crippen molar-refractivity contribution >= 4 is 21.9 Å². The maximum Gasteiger partial charge on any atom is 0.331 e. The maximum absolute atomic E-state index is 10.9. The van der Waals surface area contributed by atoms with Crippen LogP contribution in [0.15, 0.2) is 11.6 Å². The van der Waals surface area contributed by atoms with Crippen LogP contribution in [0.4, 0.5) is 0 Å². The SMILES string of the molecule is CC(=CC(=O)CCS(=O)(=O)O)C(=O)O. The van der Waals surface area contributed by atoms with Gasteiger partial charge in [0.25, 0.3) is 10.1 Å². The van der Waals surface area contributed by atoms with Crippen LogP contribution in [0.2, 0.25) is 0 Å². The Morgan fingerprint density at radius 2 is 1.86 bits per heavy atom. The van der Waals surface area contributed by atoms with Crippen LogP contribution in [0.1, 0.15) is 13.3 Å². The first-order valence-electron chi connectivity index (χ1n) is 3.62. The summed E-state index contributed by atoms with van der Waals surface area (Å²) in [5, 5.41) is 8.37. The number of hydrogen-bond donors (Lipinski definition) is 2. The van der Waals surface area contributed by atoms with E-state index in [1.54, 1.807) is 0 Å². The number of rotatable bonds is 5. The van der Waals surface area contributed by atoms with Gasteiger partial charge in [0.15, 0.2) is 5.78 Å². The molecule has 0 heterocycles. The molecule has 6 nitrogen and oxygen atoms in total. The Morgan fingerprint density at radius 3 is 2.21 bits per heavy atom. The normalized spacial score (nSPS) is 12.6.